The Kier molecular flexibility index (Phi) is 5.42. The maximum absolute atomic E-state index is 12.5. The van der Waals surface area contributed by atoms with Crippen LogP contribution < -0.4 is 10.6 Å². The first-order valence-electron chi connectivity index (χ1n) is 7.24. The molecule has 1 saturated heterocycles. The van der Waals surface area contributed by atoms with Gasteiger partial charge in [-0.05, 0) is 37.0 Å². The molecule has 3 N–H and O–H groups in total. The predicted octanol–water partition coefficient (Wildman–Crippen LogP) is 2.00. The van der Waals surface area contributed by atoms with E-state index in [1.165, 1.54) is 12.1 Å². The Hall–Kier alpha value is -1.60. The number of nitrogens with one attached hydrogen (secondary N) is 2. The van der Waals surface area contributed by atoms with Crippen molar-refractivity contribution in [1.82, 2.24) is 10.6 Å². The van der Waals surface area contributed by atoms with Gasteiger partial charge in [0.1, 0.15) is 0 Å². The van der Waals surface area contributed by atoms with Crippen LogP contribution in [0.3, 0.4) is 0 Å². The summed E-state index contributed by atoms with van der Waals surface area (Å²) < 4.78 is 37.4. The fraction of sp³-hybridized carbons (Fsp3) is 0.533. The number of amides is 1. The van der Waals surface area contributed by atoms with Crippen molar-refractivity contribution in [3.8, 4) is 0 Å². The molecular formula is C15H19F3N2O2. The standard InChI is InChI=1S/C15H19F3N2O2/c16-15(17,18)11-6-4-10(5-7-11)13(21)9-20-12-3-1-2-8-19-14(12)22/h4-7,12-13,20-21H,1-3,8-9H2,(H,19,22)/t12?,13-/m1/s1. The Morgan fingerprint density at radius 2 is 1.95 bits per heavy atom. The van der Waals surface area contributed by atoms with Crippen LogP contribution in [-0.4, -0.2) is 30.1 Å². The van der Waals surface area contributed by atoms with E-state index in [4.69, 9.17) is 0 Å². The van der Waals surface area contributed by atoms with Gasteiger partial charge in [-0.2, -0.15) is 13.2 Å². The zero-order chi connectivity index (χ0) is 16.2. The van der Waals surface area contributed by atoms with Gasteiger partial charge in [-0.25, -0.2) is 0 Å². The molecule has 2 rings (SSSR count). The monoisotopic (exact) mass is 316 g/mol. The van der Waals surface area contributed by atoms with Crippen LogP contribution >= 0.6 is 0 Å². The summed E-state index contributed by atoms with van der Waals surface area (Å²) in [5, 5.41) is 15.8. The number of hydrogen-bond donors (Lipinski definition) is 3. The molecule has 1 aliphatic heterocycles. The first-order chi connectivity index (χ1) is 10.4. The number of aliphatic hydroxyl groups is 1. The minimum absolute atomic E-state index is 0.0999. The lowest BCUT2D eigenvalue weighted by Crippen LogP contribution is -2.44. The molecule has 0 radical (unpaired) electrons. The number of alkyl halides is 3. The highest BCUT2D eigenvalue weighted by Gasteiger charge is 2.30. The van der Waals surface area contributed by atoms with Crippen LogP contribution in [0, 0.1) is 0 Å². The van der Waals surface area contributed by atoms with Crippen LogP contribution in [0.25, 0.3) is 0 Å². The van der Waals surface area contributed by atoms with Crippen molar-refractivity contribution >= 4 is 5.91 Å². The summed E-state index contributed by atoms with van der Waals surface area (Å²) in [4.78, 5) is 11.7. The van der Waals surface area contributed by atoms with Crippen molar-refractivity contribution in [3.05, 3.63) is 35.4 Å². The molecule has 2 atom stereocenters. The smallest absolute Gasteiger partial charge is 0.387 e. The Bertz CT molecular complexity index is 503. The maximum atomic E-state index is 12.5. The SMILES string of the molecule is O=C1NCCCCC1NC[C@@H](O)c1ccc(C(F)(F)F)cc1. The first-order valence-corrected chi connectivity index (χ1v) is 7.24. The fourth-order valence-corrected chi connectivity index (χ4v) is 2.40. The van der Waals surface area contributed by atoms with Crippen LogP contribution in [0.15, 0.2) is 24.3 Å². The highest BCUT2D eigenvalue weighted by Crippen LogP contribution is 2.29. The summed E-state index contributed by atoms with van der Waals surface area (Å²) in [7, 11) is 0. The lowest BCUT2D eigenvalue weighted by Gasteiger charge is -2.18. The zero-order valence-electron chi connectivity index (χ0n) is 12.0. The van der Waals surface area contributed by atoms with Crippen LogP contribution in [0.1, 0.15) is 36.5 Å². The van der Waals surface area contributed by atoms with Gasteiger partial charge < -0.3 is 15.7 Å². The molecule has 1 fully saturated rings. The quantitative estimate of drug-likeness (QED) is 0.796. The Labute approximate surface area is 126 Å². The summed E-state index contributed by atoms with van der Waals surface area (Å²) in [5.74, 6) is -0.0999. The maximum Gasteiger partial charge on any atom is 0.416 e. The van der Waals surface area contributed by atoms with Gasteiger partial charge in [0, 0.05) is 13.1 Å². The van der Waals surface area contributed by atoms with E-state index in [-0.39, 0.29) is 18.5 Å². The Balaban J connectivity index is 1.91. The molecule has 1 heterocycles. The minimum Gasteiger partial charge on any atom is -0.387 e. The molecule has 0 saturated carbocycles. The average Bonchev–Trinajstić information content (AvgIpc) is 2.68. The van der Waals surface area contributed by atoms with E-state index in [0.717, 1.165) is 25.0 Å². The number of halogens is 3. The highest BCUT2D eigenvalue weighted by molar-refractivity contribution is 5.81. The molecule has 1 aliphatic rings. The molecule has 0 spiro atoms. The van der Waals surface area contributed by atoms with Crippen LogP contribution in [0.5, 0.6) is 0 Å². The summed E-state index contributed by atoms with van der Waals surface area (Å²) in [5.41, 5.74) is -0.367. The van der Waals surface area contributed by atoms with Gasteiger partial charge in [0.05, 0.1) is 17.7 Å². The van der Waals surface area contributed by atoms with Crippen LogP contribution in [0.2, 0.25) is 0 Å². The second kappa shape index (κ2) is 7.11. The van der Waals surface area contributed by atoms with Crippen LogP contribution in [-0.2, 0) is 11.0 Å². The van der Waals surface area contributed by atoms with Crippen LogP contribution in [0.4, 0.5) is 13.2 Å². The van der Waals surface area contributed by atoms with Gasteiger partial charge >= 0.3 is 6.18 Å². The van der Waals surface area contributed by atoms with E-state index in [9.17, 15) is 23.1 Å². The van der Waals surface area contributed by atoms with Crippen molar-refractivity contribution in [1.29, 1.82) is 0 Å². The van der Waals surface area contributed by atoms with Gasteiger partial charge in [0.25, 0.3) is 0 Å². The number of benzene rings is 1. The molecule has 1 aromatic rings. The second-order valence-corrected chi connectivity index (χ2v) is 5.38. The molecule has 7 heteroatoms. The lowest BCUT2D eigenvalue weighted by molar-refractivity contribution is -0.137. The predicted molar refractivity (Wildman–Crippen MR) is 75.1 cm³/mol. The zero-order valence-corrected chi connectivity index (χ0v) is 12.0. The third-order valence-electron chi connectivity index (χ3n) is 3.72. The van der Waals surface area contributed by atoms with E-state index in [2.05, 4.69) is 10.6 Å². The molecule has 1 amide bonds. The molecular weight excluding hydrogens is 297 g/mol. The summed E-state index contributed by atoms with van der Waals surface area (Å²) in [6.07, 6.45) is -2.83. The molecule has 1 unspecified atom stereocenters. The van der Waals surface area contributed by atoms with Gasteiger partial charge in [-0.15, -0.1) is 0 Å². The minimum atomic E-state index is -4.39. The molecule has 22 heavy (non-hydrogen) atoms. The van der Waals surface area contributed by atoms with Gasteiger partial charge in [-0.3, -0.25) is 4.79 Å². The number of rotatable bonds is 4. The lowest BCUT2D eigenvalue weighted by atomic mass is 10.1. The van der Waals surface area contributed by atoms with Gasteiger partial charge in [0.15, 0.2) is 0 Å². The van der Waals surface area contributed by atoms with E-state index in [1.807, 2.05) is 0 Å². The van der Waals surface area contributed by atoms with E-state index in [1.54, 1.807) is 0 Å². The fourth-order valence-electron chi connectivity index (χ4n) is 2.40. The van der Waals surface area contributed by atoms with Crippen molar-refractivity contribution in [3.63, 3.8) is 0 Å². The first kappa shape index (κ1) is 16.8. The molecule has 0 aliphatic carbocycles. The second-order valence-electron chi connectivity index (χ2n) is 5.38. The van der Waals surface area contributed by atoms with Gasteiger partial charge in [-0.1, -0.05) is 12.1 Å². The third-order valence-corrected chi connectivity index (χ3v) is 3.72. The van der Waals surface area contributed by atoms with E-state index >= 15 is 0 Å². The molecule has 4 nitrogen and oxygen atoms in total. The highest BCUT2D eigenvalue weighted by atomic mass is 19.4. The van der Waals surface area contributed by atoms with Crippen molar-refractivity contribution in [2.24, 2.45) is 0 Å². The van der Waals surface area contributed by atoms with Crippen molar-refractivity contribution in [2.45, 2.75) is 37.6 Å². The Morgan fingerprint density at radius 3 is 2.59 bits per heavy atom. The van der Waals surface area contributed by atoms with Crippen molar-refractivity contribution < 1.29 is 23.1 Å². The molecule has 1 aromatic carbocycles. The number of carbonyl (C=O) groups excluding carboxylic acids is 1. The largest absolute Gasteiger partial charge is 0.416 e. The topological polar surface area (TPSA) is 61.4 Å². The number of aliphatic hydroxyl groups excluding tert-OH is 1. The average molecular weight is 316 g/mol. The number of hydrogen-bond acceptors (Lipinski definition) is 3. The van der Waals surface area contributed by atoms with E-state index in [0.29, 0.717) is 18.5 Å². The molecule has 0 bridgehead atoms. The summed E-state index contributed by atoms with van der Waals surface area (Å²) >= 11 is 0. The van der Waals surface area contributed by atoms with Crippen molar-refractivity contribution in [2.75, 3.05) is 13.1 Å². The Morgan fingerprint density at radius 1 is 1.27 bits per heavy atom. The normalized spacial score (nSPS) is 21.1. The third kappa shape index (κ3) is 4.45. The number of carbonyl (C=O) groups is 1. The van der Waals surface area contributed by atoms with Gasteiger partial charge in [0.2, 0.25) is 5.91 Å². The summed E-state index contributed by atoms with van der Waals surface area (Å²) in [6.45, 7) is 0.766. The summed E-state index contributed by atoms with van der Waals surface area (Å²) in [6, 6.07) is 4.02. The molecule has 122 valence electrons. The van der Waals surface area contributed by atoms with E-state index < -0.39 is 17.8 Å². The molecule has 0 aromatic heterocycles.